The summed E-state index contributed by atoms with van der Waals surface area (Å²) in [6.07, 6.45) is 7.83. The molecule has 98 valence electrons. The van der Waals surface area contributed by atoms with Crippen molar-refractivity contribution in [3.8, 4) is 0 Å². The molecular formula is C15H18N3O+. The Balaban J connectivity index is 1.62. The average Bonchev–Trinajstić information content (AvgIpc) is 3.01. The zero-order valence-corrected chi connectivity index (χ0v) is 10.8. The van der Waals surface area contributed by atoms with Gasteiger partial charge >= 0.3 is 0 Å². The molecule has 0 bridgehead atoms. The Morgan fingerprint density at radius 2 is 2.16 bits per heavy atom. The van der Waals surface area contributed by atoms with Gasteiger partial charge in [0, 0.05) is 6.42 Å². The number of aromatic nitrogens is 2. The fraction of sp³-hybridized carbons (Fsp3) is 0.333. The SMILES string of the molecule is O=C1CC[C@@H](Cn2cc[n+](Cc3ccccc3)c2)N1. The summed E-state index contributed by atoms with van der Waals surface area (Å²) in [4.78, 5) is 11.2. The van der Waals surface area contributed by atoms with Crippen LogP contribution in [0.3, 0.4) is 0 Å². The fourth-order valence-electron chi connectivity index (χ4n) is 2.50. The molecule has 4 heteroatoms. The van der Waals surface area contributed by atoms with Crippen LogP contribution in [0.2, 0.25) is 0 Å². The molecule has 2 aromatic rings. The number of benzene rings is 1. The van der Waals surface area contributed by atoms with Crippen molar-refractivity contribution in [2.75, 3.05) is 0 Å². The Hall–Kier alpha value is -2.10. The Morgan fingerprint density at radius 3 is 2.89 bits per heavy atom. The molecule has 1 aliphatic heterocycles. The molecule has 0 aliphatic carbocycles. The van der Waals surface area contributed by atoms with E-state index >= 15 is 0 Å². The molecule has 1 fully saturated rings. The number of hydrogen-bond acceptors (Lipinski definition) is 1. The van der Waals surface area contributed by atoms with Gasteiger partial charge in [-0.2, -0.15) is 0 Å². The molecule has 1 aromatic heterocycles. The first kappa shape index (κ1) is 12.0. The van der Waals surface area contributed by atoms with E-state index in [9.17, 15) is 4.79 Å². The number of hydrogen-bond donors (Lipinski definition) is 1. The Kier molecular flexibility index (Phi) is 3.31. The van der Waals surface area contributed by atoms with Crippen molar-refractivity contribution < 1.29 is 9.36 Å². The minimum atomic E-state index is 0.175. The molecule has 1 saturated heterocycles. The van der Waals surface area contributed by atoms with Gasteiger partial charge in [-0.1, -0.05) is 30.3 Å². The first-order valence-corrected chi connectivity index (χ1v) is 6.68. The summed E-state index contributed by atoms with van der Waals surface area (Å²) in [5.41, 5.74) is 1.29. The van der Waals surface area contributed by atoms with E-state index < -0.39 is 0 Å². The minimum Gasteiger partial charge on any atom is -0.349 e. The number of rotatable bonds is 4. The second-order valence-corrected chi connectivity index (χ2v) is 5.07. The largest absolute Gasteiger partial charge is 0.349 e. The van der Waals surface area contributed by atoms with Crippen LogP contribution in [0.15, 0.2) is 49.1 Å². The highest BCUT2D eigenvalue weighted by Crippen LogP contribution is 2.08. The summed E-state index contributed by atoms with van der Waals surface area (Å²) in [6, 6.07) is 10.7. The first-order valence-electron chi connectivity index (χ1n) is 6.68. The van der Waals surface area contributed by atoms with E-state index in [0.717, 1.165) is 19.5 Å². The van der Waals surface area contributed by atoms with Gasteiger partial charge < -0.3 is 5.32 Å². The molecule has 4 nitrogen and oxygen atoms in total. The van der Waals surface area contributed by atoms with Crippen molar-refractivity contribution in [1.29, 1.82) is 0 Å². The summed E-state index contributed by atoms with van der Waals surface area (Å²) in [7, 11) is 0. The number of imidazole rings is 1. The standard InChI is InChI=1S/C15H17N3O/c19-15-7-6-14(16-15)11-18-9-8-17(12-18)10-13-4-2-1-3-5-13/h1-5,8-9,12,14H,6-7,10-11H2/p+1/t14-/m0/s1. The van der Waals surface area contributed by atoms with Gasteiger partial charge in [0.05, 0.1) is 6.04 Å². The van der Waals surface area contributed by atoms with Crippen molar-refractivity contribution in [1.82, 2.24) is 9.88 Å². The monoisotopic (exact) mass is 256 g/mol. The smallest absolute Gasteiger partial charge is 0.244 e. The van der Waals surface area contributed by atoms with Gasteiger partial charge in [-0.15, -0.1) is 0 Å². The molecule has 0 radical (unpaired) electrons. The maximum atomic E-state index is 11.2. The van der Waals surface area contributed by atoms with Crippen molar-refractivity contribution in [3.63, 3.8) is 0 Å². The Bertz CT molecular complexity index is 562. The molecule has 1 N–H and O–H groups in total. The van der Waals surface area contributed by atoms with E-state index in [0.29, 0.717) is 6.42 Å². The van der Waals surface area contributed by atoms with Crippen LogP contribution in [-0.2, 0) is 17.9 Å². The predicted octanol–water partition coefficient (Wildman–Crippen LogP) is 1.10. The zero-order chi connectivity index (χ0) is 13.1. The average molecular weight is 256 g/mol. The van der Waals surface area contributed by atoms with E-state index in [1.807, 2.05) is 6.07 Å². The lowest BCUT2D eigenvalue weighted by atomic mass is 10.2. The lowest BCUT2D eigenvalue weighted by Crippen LogP contribution is -2.33. The van der Waals surface area contributed by atoms with Crippen molar-refractivity contribution in [2.45, 2.75) is 32.0 Å². The van der Waals surface area contributed by atoms with Crippen molar-refractivity contribution in [3.05, 3.63) is 54.6 Å². The summed E-state index contributed by atoms with van der Waals surface area (Å²) in [6.45, 7) is 1.73. The van der Waals surface area contributed by atoms with E-state index in [4.69, 9.17) is 0 Å². The van der Waals surface area contributed by atoms with Crippen LogP contribution in [0.25, 0.3) is 0 Å². The van der Waals surface area contributed by atoms with Gasteiger partial charge in [0.1, 0.15) is 25.5 Å². The van der Waals surface area contributed by atoms with Crippen LogP contribution in [0, 0.1) is 0 Å². The second-order valence-electron chi connectivity index (χ2n) is 5.07. The molecule has 2 heterocycles. The molecule has 0 spiro atoms. The van der Waals surface area contributed by atoms with Crippen LogP contribution in [0.4, 0.5) is 0 Å². The Labute approximate surface area is 112 Å². The normalized spacial score (nSPS) is 18.5. The number of amides is 1. The van der Waals surface area contributed by atoms with Gasteiger partial charge in [0.15, 0.2) is 0 Å². The van der Waals surface area contributed by atoms with Gasteiger partial charge in [0.2, 0.25) is 12.2 Å². The summed E-state index contributed by atoms with van der Waals surface area (Å²) >= 11 is 0. The van der Waals surface area contributed by atoms with E-state index in [1.165, 1.54) is 5.56 Å². The van der Waals surface area contributed by atoms with Crippen molar-refractivity contribution in [2.24, 2.45) is 0 Å². The van der Waals surface area contributed by atoms with E-state index in [2.05, 4.69) is 57.4 Å². The maximum absolute atomic E-state index is 11.2. The highest BCUT2D eigenvalue weighted by atomic mass is 16.1. The molecule has 1 atom stereocenters. The molecule has 1 aliphatic rings. The van der Waals surface area contributed by atoms with E-state index in [-0.39, 0.29) is 11.9 Å². The highest BCUT2D eigenvalue weighted by Gasteiger charge is 2.22. The number of carbonyl (C=O) groups excluding carboxylic acids is 1. The fourth-order valence-corrected chi connectivity index (χ4v) is 2.50. The topological polar surface area (TPSA) is 37.9 Å². The van der Waals surface area contributed by atoms with Crippen LogP contribution >= 0.6 is 0 Å². The summed E-state index contributed by atoms with van der Waals surface area (Å²) in [5.74, 6) is 0.175. The third kappa shape index (κ3) is 3.02. The molecule has 3 rings (SSSR count). The third-order valence-corrected chi connectivity index (χ3v) is 3.47. The quantitative estimate of drug-likeness (QED) is 0.817. The van der Waals surface area contributed by atoms with Gasteiger partial charge in [0.25, 0.3) is 0 Å². The maximum Gasteiger partial charge on any atom is 0.244 e. The molecular weight excluding hydrogens is 238 g/mol. The second kappa shape index (κ2) is 5.26. The highest BCUT2D eigenvalue weighted by molar-refractivity contribution is 5.78. The lowest BCUT2D eigenvalue weighted by molar-refractivity contribution is -0.687. The van der Waals surface area contributed by atoms with Gasteiger partial charge in [-0.05, 0) is 12.0 Å². The summed E-state index contributed by atoms with van der Waals surface area (Å²) in [5, 5.41) is 2.99. The van der Waals surface area contributed by atoms with Crippen LogP contribution in [0.1, 0.15) is 18.4 Å². The first-order chi connectivity index (χ1) is 9.29. The number of nitrogens with zero attached hydrogens (tertiary/aromatic N) is 2. The van der Waals surface area contributed by atoms with E-state index in [1.54, 1.807) is 0 Å². The summed E-state index contributed by atoms with van der Waals surface area (Å²) < 4.78 is 4.30. The molecule has 19 heavy (non-hydrogen) atoms. The lowest BCUT2D eigenvalue weighted by Gasteiger charge is -2.05. The van der Waals surface area contributed by atoms with Crippen molar-refractivity contribution >= 4 is 5.91 Å². The van der Waals surface area contributed by atoms with Gasteiger partial charge in [-0.25, -0.2) is 9.13 Å². The third-order valence-electron chi connectivity index (χ3n) is 3.47. The minimum absolute atomic E-state index is 0.175. The van der Waals surface area contributed by atoms with Gasteiger partial charge in [-0.3, -0.25) is 4.79 Å². The molecule has 1 aromatic carbocycles. The Morgan fingerprint density at radius 1 is 1.32 bits per heavy atom. The number of carbonyl (C=O) groups is 1. The van der Waals surface area contributed by atoms with Crippen LogP contribution < -0.4 is 9.88 Å². The molecule has 0 saturated carbocycles. The van der Waals surface area contributed by atoms with Crippen LogP contribution in [-0.4, -0.2) is 16.5 Å². The van der Waals surface area contributed by atoms with Crippen LogP contribution in [0.5, 0.6) is 0 Å². The number of nitrogens with one attached hydrogen (secondary N) is 1. The predicted molar refractivity (Wildman–Crippen MR) is 71.3 cm³/mol. The molecule has 1 amide bonds. The molecule has 0 unspecified atom stereocenters. The zero-order valence-electron chi connectivity index (χ0n) is 10.8.